The fourth-order valence-corrected chi connectivity index (χ4v) is 1.92. The molecule has 1 aromatic carbocycles. The molecule has 1 aliphatic carbocycles. The highest BCUT2D eigenvalue weighted by Crippen LogP contribution is 2.21. The summed E-state index contributed by atoms with van der Waals surface area (Å²) in [6, 6.07) is 12.1. The average molecular weight is 241 g/mol. The maximum absolute atomic E-state index is 12.0. The van der Waals surface area contributed by atoms with E-state index in [1.165, 1.54) is 0 Å². The second-order valence-corrected chi connectivity index (χ2v) is 4.65. The Balaban J connectivity index is 1.88. The molecule has 1 aromatic heterocycles. The summed E-state index contributed by atoms with van der Waals surface area (Å²) < 4.78 is 1.64. The second kappa shape index (κ2) is 4.29. The highest BCUT2D eigenvalue weighted by Gasteiger charge is 2.25. The molecule has 1 aliphatic rings. The quantitative estimate of drug-likeness (QED) is 0.893. The van der Waals surface area contributed by atoms with Crippen molar-refractivity contribution in [2.45, 2.75) is 18.9 Å². The summed E-state index contributed by atoms with van der Waals surface area (Å²) in [6.07, 6.45) is 2.18. The fraction of sp³-hybridized carbons (Fsp3) is 0.286. The van der Waals surface area contributed by atoms with E-state index in [4.69, 9.17) is 0 Å². The molecule has 0 bridgehead atoms. The SMILES string of the molecule is Cn1nc(-c2ccccc2)cc1C(=O)NC1CC1. The van der Waals surface area contributed by atoms with Gasteiger partial charge in [0.15, 0.2) is 0 Å². The van der Waals surface area contributed by atoms with Crippen LogP contribution in [0.3, 0.4) is 0 Å². The van der Waals surface area contributed by atoms with Gasteiger partial charge in [0.05, 0.1) is 5.69 Å². The number of amides is 1. The Labute approximate surface area is 106 Å². The molecule has 0 unspecified atom stereocenters. The van der Waals surface area contributed by atoms with Crippen LogP contribution in [-0.2, 0) is 7.05 Å². The molecule has 2 aromatic rings. The van der Waals surface area contributed by atoms with E-state index >= 15 is 0 Å². The van der Waals surface area contributed by atoms with Crippen molar-refractivity contribution in [3.63, 3.8) is 0 Å². The summed E-state index contributed by atoms with van der Waals surface area (Å²) in [5.74, 6) is -0.0327. The molecule has 0 atom stereocenters. The van der Waals surface area contributed by atoms with Crippen molar-refractivity contribution >= 4 is 5.91 Å². The summed E-state index contributed by atoms with van der Waals surface area (Å²) in [7, 11) is 1.80. The maximum Gasteiger partial charge on any atom is 0.269 e. The summed E-state index contributed by atoms with van der Waals surface area (Å²) in [5.41, 5.74) is 2.47. The van der Waals surface area contributed by atoms with Gasteiger partial charge in [0.1, 0.15) is 5.69 Å². The molecule has 0 aliphatic heterocycles. The van der Waals surface area contributed by atoms with Gasteiger partial charge < -0.3 is 5.32 Å². The van der Waals surface area contributed by atoms with Gasteiger partial charge in [0.2, 0.25) is 0 Å². The van der Waals surface area contributed by atoms with E-state index in [-0.39, 0.29) is 5.91 Å². The number of nitrogens with one attached hydrogen (secondary N) is 1. The van der Waals surface area contributed by atoms with Crippen molar-refractivity contribution in [2.75, 3.05) is 0 Å². The van der Waals surface area contributed by atoms with Crippen molar-refractivity contribution in [3.8, 4) is 11.3 Å². The Bertz CT molecular complexity index is 570. The van der Waals surface area contributed by atoms with Crippen LogP contribution in [0.1, 0.15) is 23.3 Å². The van der Waals surface area contributed by atoms with Gasteiger partial charge in [-0.15, -0.1) is 0 Å². The first-order chi connectivity index (χ1) is 8.74. The number of nitrogens with zero attached hydrogens (tertiary/aromatic N) is 2. The molecule has 1 saturated carbocycles. The first kappa shape index (κ1) is 11.0. The van der Waals surface area contributed by atoms with Crippen molar-refractivity contribution in [1.29, 1.82) is 0 Å². The highest BCUT2D eigenvalue weighted by atomic mass is 16.2. The number of hydrogen-bond acceptors (Lipinski definition) is 2. The summed E-state index contributed by atoms with van der Waals surface area (Å²) in [4.78, 5) is 12.0. The number of carbonyl (C=O) groups excluding carboxylic acids is 1. The number of benzene rings is 1. The Morgan fingerprint density at radius 1 is 1.33 bits per heavy atom. The molecule has 1 heterocycles. The first-order valence-electron chi connectivity index (χ1n) is 6.14. The predicted molar refractivity (Wildman–Crippen MR) is 69.1 cm³/mol. The van der Waals surface area contributed by atoms with Crippen LogP contribution in [0.15, 0.2) is 36.4 Å². The summed E-state index contributed by atoms with van der Waals surface area (Å²) in [5, 5.41) is 7.36. The monoisotopic (exact) mass is 241 g/mol. The van der Waals surface area contributed by atoms with Gasteiger partial charge in [-0.1, -0.05) is 30.3 Å². The van der Waals surface area contributed by atoms with Crippen molar-refractivity contribution < 1.29 is 4.79 Å². The molecule has 0 spiro atoms. The van der Waals surface area contributed by atoms with Crippen molar-refractivity contribution in [2.24, 2.45) is 7.05 Å². The van der Waals surface area contributed by atoms with Gasteiger partial charge in [0.25, 0.3) is 5.91 Å². The van der Waals surface area contributed by atoms with E-state index in [9.17, 15) is 4.79 Å². The molecule has 3 rings (SSSR count). The number of aryl methyl sites for hydroxylation is 1. The molecular weight excluding hydrogens is 226 g/mol. The predicted octanol–water partition coefficient (Wildman–Crippen LogP) is 1.98. The average Bonchev–Trinajstić information content (AvgIpc) is 3.10. The third kappa shape index (κ3) is 2.14. The number of carbonyl (C=O) groups is 1. The minimum Gasteiger partial charge on any atom is -0.348 e. The third-order valence-electron chi connectivity index (χ3n) is 3.09. The normalized spacial score (nSPS) is 14.5. The van der Waals surface area contributed by atoms with E-state index in [2.05, 4.69) is 10.4 Å². The van der Waals surface area contributed by atoms with Crippen LogP contribution >= 0.6 is 0 Å². The van der Waals surface area contributed by atoms with Gasteiger partial charge in [-0.3, -0.25) is 9.48 Å². The molecule has 1 N–H and O–H groups in total. The van der Waals surface area contributed by atoms with E-state index in [1.54, 1.807) is 11.7 Å². The van der Waals surface area contributed by atoms with Crippen LogP contribution in [0.5, 0.6) is 0 Å². The van der Waals surface area contributed by atoms with Gasteiger partial charge in [-0.2, -0.15) is 5.10 Å². The van der Waals surface area contributed by atoms with Crippen LogP contribution in [-0.4, -0.2) is 21.7 Å². The minimum atomic E-state index is -0.0327. The smallest absolute Gasteiger partial charge is 0.269 e. The van der Waals surface area contributed by atoms with Crippen LogP contribution < -0.4 is 5.32 Å². The van der Waals surface area contributed by atoms with E-state index < -0.39 is 0 Å². The molecular formula is C14H15N3O. The molecule has 4 heteroatoms. The molecule has 1 amide bonds. The Kier molecular flexibility index (Phi) is 2.63. The lowest BCUT2D eigenvalue weighted by Crippen LogP contribution is -2.27. The number of rotatable bonds is 3. The lowest BCUT2D eigenvalue weighted by atomic mass is 10.1. The molecule has 0 saturated heterocycles. The molecule has 92 valence electrons. The van der Waals surface area contributed by atoms with Gasteiger partial charge >= 0.3 is 0 Å². The fourth-order valence-electron chi connectivity index (χ4n) is 1.92. The number of hydrogen-bond donors (Lipinski definition) is 1. The van der Waals surface area contributed by atoms with E-state index in [0.717, 1.165) is 24.1 Å². The maximum atomic E-state index is 12.0. The summed E-state index contributed by atoms with van der Waals surface area (Å²) in [6.45, 7) is 0. The molecule has 0 radical (unpaired) electrons. The van der Waals surface area contributed by atoms with Gasteiger partial charge in [0, 0.05) is 18.7 Å². The van der Waals surface area contributed by atoms with Crippen LogP contribution in [0, 0.1) is 0 Å². The zero-order valence-electron chi connectivity index (χ0n) is 10.3. The highest BCUT2D eigenvalue weighted by molar-refractivity contribution is 5.94. The Hall–Kier alpha value is -2.10. The van der Waals surface area contributed by atoms with Crippen molar-refractivity contribution in [1.82, 2.24) is 15.1 Å². The van der Waals surface area contributed by atoms with Crippen molar-refractivity contribution in [3.05, 3.63) is 42.1 Å². The lowest BCUT2D eigenvalue weighted by Gasteiger charge is -2.01. The van der Waals surface area contributed by atoms with Crippen LogP contribution in [0.2, 0.25) is 0 Å². The summed E-state index contributed by atoms with van der Waals surface area (Å²) >= 11 is 0. The molecule has 4 nitrogen and oxygen atoms in total. The van der Waals surface area contributed by atoms with Gasteiger partial charge in [-0.05, 0) is 18.9 Å². The Morgan fingerprint density at radius 3 is 2.72 bits per heavy atom. The third-order valence-corrected chi connectivity index (χ3v) is 3.09. The van der Waals surface area contributed by atoms with Gasteiger partial charge in [-0.25, -0.2) is 0 Å². The standard InChI is InChI=1S/C14H15N3O/c1-17-13(14(18)15-11-7-8-11)9-12(16-17)10-5-3-2-4-6-10/h2-6,9,11H,7-8H2,1H3,(H,15,18). The molecule has 1 fully saturated rings. The topological polar surface area (TPSA) is 46.9 Å². The zero-order valence-corrected chi connectivity index (χ0v) is 10.3. The minimum absolute atomic E-state index is 0.0327. The van der Waals surface area contributed by atoms with E-state index in [0.29, 0.717) is 11.7 Å². The zero-order chi connectivity index (χ0) is 12.5. The Morgan fingerprint density at radius 2 is 2.06 bits per heavy atom. The largest absolute Gasteiger partial charge is 0.348 e. The van der Waals surface area contributed by atoms with Crippen LogP contribution in [0.4, 0.5) is 0 Å². The first-order valence-corrected chi connectivity index (χ1v) is 6.14. The number of aromatic nitrogens is 2. The van der Waals surface area contributed by atoms with Crippen LogP contribution in [0.25, 0.3) is 11.3 Å². The lowest BCUT2D eigenvalue weighted by molar-refractivity contribution is 0.0941. The molecule has 18 heavy (non-hydrogen) atoms. The van der Waals surface area contributed by atoms with E-state index in [1.807, 2.05) is 36.4 Å². The second-order valence-electron chi connectivity index (χ2n) is 4.65.